The lowest BCUT2D eigenvalue weighted by Gasteiger charge is -2.15. The van der Waals surface area contributed by atoms with Gasteiger partial charge in [-0.15, -0.1) is 0 Å². The van der Waals surface area contributed by atoms with Crippen molar-refractivity contribution in [3.05, 3.63) is 59.1 Å². The van der Waals surface area contributed by atoms with Crippen molar-refractivity contribution in [1.29, 1.82) is 0 Å². The third-order valence-electron chi connectivity index (χ3n) is 2.67. The number of hydrogen-bond acceptors (Lipinski definition) is 2. The van der Waals surface area contributed by atoms with Crippen molar-refractivity contribution in [3.63, 3.8) is 0 Å². The van der Waals surface area contributed by atoms with Gasteiger partial charge < -0.3 is 10.1 Å². The molecule has 0 unspecified atom stereocenters. The number of carbonyl (C=O) groups is 1. The van der Waals surface area contributed by atoms with E-state index in [1.165, 1.54) is 13.0 Å². The average Bonchev–Trinajstić information content (AvgIpc) is 2.43. The van der Waals surface area contributed by atoms with Gasteiger partial charge in [-0.3, -0.25) is 4.79 Å². The van der Waals surface area contributed by atoms with Crippen molar-refractivity contribution in [2.75, 3.05) is 5.32 Å². The van der Waals surface area contributed by atoms with Crippen LogP contribution in [0.4, 0.5) is 14.5 Å². The van der Waals surface area contributed by atoms with Gasteiger partial charge in [0, 0.05) is 16.8 Å². The summed E-state index contributed by atoms with van der Waals surface area (Å²) in [5, 5.41) is 3.10. The molecule has 2 aromatic rings. The molecule has 0 saturated heterocycles. The van der Waals surface area contributed by atoms with Crippen LogP contribution >= 0.6 is 11.6 Å². The minimum absolute atomic E-state index is 0.0719. The number of carbonyl (C=O) groups excluding carboxylic acids is 1. The highest BCUT2D eigenvalue weighted by atomic mass is 35.5. The van der Waals surface area contributed by atoms with E-state index in [0.29, 0.717) is 10.7 Å². The molecule has 2 aromatic carbocycles. The summed E-state index contributed by atoms with van der Waals surface area (Å²) in [7, 11) is 0. The standard InChI is InChI=1S/C15H12ClF2NO2/c1-9(21-12-5-6-13(17)14(18)8-12)15(20)19-11-4-2-3-10(16)7-11/h2-9H,1H3,(H,19,20)/t9-/m1/s1. The van der Waals surface area contributed by atoms with Gasteiger partial charge in [0.1, 0.15) is 5.75 Å². The van der Waals surface area contributed by atoms with Crippen LogP contribution in [-0.2, 0) is 4.79 Å². The van der Waals surface area contributed by atoms with E-state index in [-0.39, 0.29) is 5.75 Å². The minimum atomic E-state index is -1.03. The lowest BCUT2D eigenvalue weighted by atomic mass is 10.3. The summed E-state index contributed by atoms with van der Waals surface area (Å²) < 4.78 is 31.1. The molecule has 0 fully saturated rings. The summed E-state index contributed by atoms with van der Waals surface area (Å²) in [4.78, 5) is 11.9. The van der Waals surface area contributed by atoms with E-state index in [0.717, 1.165) is 12.1 Å². The van der Waals surface area contributed by atoms with E-state index in [1.54, 1.807) is 24.3 Å². The SMILES string of the molecule is C[C@@H](Oc1ccc(F)c(F)c1)C(=O)Nc1cccc(Cl)c1. The lowest BCUT2D eigenvalue weighted by Crippen LogP contribution is -2.30. The molecule has 0 aromatic heterocycles. The largest absolute Gasteiger partial charge is 0.481 e. The molecule has 0 bridgehead atoms. The number of anilines is 1. The first kappa shape index (κ1) is 15.3. The highest BCUT2D eigenvalue weighted by molar-refractivity contribution is 6.30. The third kappa shape index (κ3) is 4.16. The zero-order valence-corrected chi connectivity index (χ0v) is 11.8. The molecule has 0 heterocycles. The van der Waals surface area contributed by atoms with Crippen LogP contribution in [0.2, 0.25) is 5.02 Å². The number of amides is 1. The van der Waals surface area contributed by atoms with Crippen molar-refractivity contribution >= 4 is 23.2 Å². The van der Waals surface area contributed by atoms with Crippen LogP contribution in [0.1, 0.15) is 6.92 Å². The maximum Gasteiger partial charge on any atom is 0.265 e. The Morgan fingerprint density at radius 2 is 1.95 bits per heavy atom. The van der Waals surface area contributed by atoms with Gasteiger partial charge in [0.15, 0.2) is 17.7 Å². The van der Waals surface area contributed by atoms with Crippen LogP contribution in [0.3, 0.4) is 0 Å². The second kappa shape index (κ2) is 6.54. The molecule has 110 valence electrons. The average molecular weight is 312 g/mol. The van der Waals surface area contributed by atoms with E-state index in [9.17, 15) is 13.6 Å². The minimum Gasteiger partial charge on any atom is -0.481 e. The molecule has 1 atom stereocenters. The Labute approximate surface area is 125 Å². The lowest BCUT2D eigenvalue weighted by molar-refractivity contribution is -0.122. The Balaban J connectivity index is 2.00. The Hall–Kier alpha value is -2.14. The monoisotopic (exact) mass is 311 g/mol. The highest BCUT2D eigenvalue weighted by Crippen LogP contribution is 2.18. The van der Waals surface area contributed by atoms with Crippen LogP contribution < -0.4 is 10.1 Å². The van der Waals surface area contributed by atoms with E-state index in [1.807, 2.05) is 0 Å². The Morgan fingerprint density at radius 1 is 1.19 bits per heavy atom. The maximum absolute atomic E-state index is 13.1. The summed E-state index contributed by atoms with van der Waals surface area (Å²) in [5.41, 5.74) is 0.522. The van der Waals surface area contributed by atoms with E-state index in [4.69, 9.17) is 16.3 Å². The third-order valence-corrected chi connectivity index (χ3v) is 2.90. The molecule has 1 N–H and O–H groups in total. The molecule has 0 aliphatic carbocycles. The fourth-order valence-electron chi connectivity index (χ4n) is 1.62. The predicted octanol–water partition coefficient (Wildman–Crippen LogP) is 4.02. The van der Waals surface area contributed by atoms with Crippen LogP contribution in [0, 0.1) is 11.6 Å². The molecule has 21 heavy (non-hydrogen) atoms. The fraction of sp³-hybridized carbons (Fsp3) is 0.133. The topological polar surface area (TPSA) is 38.3 Å². The van der Waals surface area contributed by atoms with Crippen molar-refractivity contribution in [2.24, 2.45) is 0 Å². The van der Waals surface area contributed by atoms with Gasteiger partial charge in [-0.2, -0.15) is 0 Å². The molecule has 2 rings (SSSR count). The fourth-order valence-corrected chi connectivity index (χ4v) is 1.81. The Bertz CT molecular complexity index is 664. The van der Waals surface area contributed by atoms with Gasteiger partial charge in [-0.05, 0) is 37.3 Å². The number of nitrogens with one attached hydrogen (secondary N) is 1. The summed E-state index contributed by atoms with van der Waals surface area (Å²) in [6, 6.07) is 9.71. The number of rotatable bonds is 4. The second-order valence-electron chi connectivity index (χ2n) is 4.34. The van der Waals surface area contributed by atoms with Gasteiger partial charge in [0.05, 0.1) is 0 Å². The zero-order chi connectivity index (χ0) is 15.4. The molecule has 0 spiro atoms. The van der Waals surface area contributed by atoms with Crippen molar-refractivity contribution < 1.29 is 18.3 Å². The first-order valence-corrected chi connectivity index (χ1v) is 6.51. The summed E-state index contributed by atoms with van der Waals surface area (Å²) in [5.74, 6) is -2.36. The van der Waals surface area contributed by atoms with Crippen LogP contribution in [-0.4, -0.2) is 12.0 Å². The maximum atomic E-state index is 13.1. The molecule has 1 amide bonds. The molecule has 0 radical (unpaired) electrons. The van der Waals surface area contributed by atoms with Gasteiger partial charge >= 0.3 is 0 Å². The molecule has 3 nitrogen and oxygen atoms in total. The molecular weight excluding hydrogens is 300 g/mol. The Kier molecular flexibility index (Phi) is 4.75. The van der Waals surface area contributed by atoms with Gasteiger partial charge in [0.2, 0.25) is 0 Å². The number of hydrogen-bond donors (Lipinski definition) is 1. The van der Waals surface area contributed by atoms with Gasteiger partial charge in [0.25, 0.3) is 5.91 Å². The molecule has 0 aliphatic rings. The molecule has 0 saturated carbocycles. The van der Waals surface area contributed by atoms with Crippen LogP contribution in [0.25, 0.3) is 0 Å². The number of ether oxygens (including phenoxy) is 1. The summed E-state index contributed by atoms with van der Waals surface area (Å²) >= 11 is 5.81. The van der Waals surface area contributed by atoms with Crippen molar-refractivity contribution in [1.82, 2.24) is 0 Å². The summed E-state index contributed by atoms with van der Waals surface area (Å²) in [6.45, 7) is 1.50. The van der Waals surface area contributed by atoms with Gasteiger partial charge in [-0.1, -0.05) is 17.7 Å². The molecule has 0 aliphatic heterocycles. The van der Waals surface area contributed by atoms with Crippen LogP contribution in [0.5, 0.6) is 5.75 Å². The number of benzene rings is 2. The first-order chi connectivity index (χ1) is 9.95. The molecule has 6 heteroatoms. The second-order valence-corrected chi connectivity index (χ2v) is 4.77. The van der Waals surface area contributed by atoms with E-state index in [2.05, 4.69) is 5.32 Å². The molecular formula is C15H12ClF2NO2. The van der Waals surface area contributed by atoms with E-state index >= 15 is 0 Å². The Morgan fingerprint density at radius 3 is 2.62 bits per heavy atom. The van der Waals surface area contributed by atoms with E-state index < -0.39 is 23.6 Å². The quantitative estimate of drug-likeness (QED) is 0.926. The van der Waals surface area contributed by atoms with Crippen LogP contribution in [0.15, 0.2) is 42.5 Å². The van der Waals surface area contributed by atoms with Crippen molar-refractivity contribution in [3.8, 4) is 5.75 Å². The first-order valence-electron chi connectivity index (χ1n) is 6.14. The number of halogens is 3. The predicted molar refractivity (Wildman–Crippen MR) is 76.5 cm³/mol. The highest BCUT2D eigenvalue weighted by Gasteiger charge is 2.16. The smallest absolute Gasteiger partial charge is 0.265 e. The van der Waals surface area contributed by atoms with Crippen molar-refractivity contribution in [2.45, 2.75) is 13.0 Å². The van der Waals surface area contributed by atoms with Gasteiger partial charge in [-0.25, -0.2) is 8.78 Å². The summed E-state index contributed by atoms with van der Waals surface area (Å²) in [6.07, 6.45) is -0.881. The normalized spacial score (nSPS) is 11.8. The zero-order valence-electron chi connectivity index (χ0n) is 11.1.